The monoisotopic (exact) mass is 407 g/mol. The van der Waals surface area contributed by atoms with Crippen molar-refractivity contribution in [3.63, 3.8) is 0 Å². The van der Waals surface area contributed by atoms with Gasteiger partial charge in [-0.3, -0.25) is 9.59 Å². The van der Waals surface area contributed by atoms with Crippen molar-refractivity contribution in [1.82, 2.24) is 0 Å². The van der Waals surface area contributed by atoms with Crippen molar-refractivity contribution in [3.05, 3.63) is 38.4 Å². The fourth-order valence-corrected chi connectivity index (χ4v) is 5.18. The third-order valence-corrected chi connectivity index (χ3v) is 6.46. The molecule has 1 amide bonds. The summed E-state index contributed by atoms with van der Waals surface area (Å²) in [5.74, 6) is -0.832. The van der Waals surface area contributed by atoms with Crippen LogP contribution in [0.1, 0.15) is 39.0 Å². The number of nitrogens with one attached hydrogen (secondary N) is 1. The summed E-state index contributed by atoms with van der Waals surface area (Å²) in [5.41, 5.74) is 1.40. The van der Waals surface area contributed by atoms with Gasteiger partial charge in [0.15, 0.2) is 6.61 Å². The SMILES string of the molecule is COC(=O)c1c(NC(=O)COC(=O)Cc2cccs2)sc2c1CC[C@@H](C)C2. The van der Waals surface area contributed by atoms with Crippen molar-refractivity contribution in [1.29, 1.82) is 0 Å². The highest BCUT2D eigenvalue weighted by atomic mass is 32.1. The van der Waals surface area contributed by atoms with Gasteiger partial charge in [0.05, 0.1) is 19.1 Å². The number of amides is 1. The molecule has 144 valence electrons. The van der Waals surface area contributed by atoms with E-state index in [-0.39, 0.29) is 13.0 Å². The highest BCUT2D eigenvalue weighted by Crippen LogP contribution is 2.40. The lowest BCUT2D eigenvalue weighted by Crippen LogP contribution is -2.22. The Morgan fingerprint density at radius 2 is 2.15 bits per heavy atom. The van der Waals surface area contributed by atoms with E-state index >= 15 is 0 Å². The summed E-state index contributed by atoms with van der Waals surface area (Å²) in [6.45, 7) is 1.79. The maximum absolute atomic E-state index is 12.2. The molecule has 1 aliphatic rings. The van der Waals surface area contributed by atoms with Crippen LogP contribution in [0.2, 0.25) is 0 Å². The van der Waals surface area contributed by atoms with Crippen LogP contribution in [0.25, 0.3) is 0 Å². The smallest absolute Gasteiger partial charge is 0.341 e. The van der Waals surface area contributed by atoms with E-state index in [1.54, 1.807) is 0 Å². The molecule has 0 radical (unpaired) electrons. The lowest BCUT2D eigenvalue weighted by molar-refractivity contribution is -0.146. The number of fused-ring (bicyclic) bond motifs is 1. The zero-order valence-electron chi connectivity index (χ0n) is 15.2. The minimum absolute atomic E-state index is 0.142. The molecule has 3 rings (SSSR count). The Morgan fingerprint density at radius 3 is 2.85 bits per heavy atom. The lowest BCUT2D eigenvalue weighted by atomic mass is 9.88. The molecule has 0 fully saturated rings. The van der Waals surface area contributed by atoms with Crippen LogP contribution in [0.5, 0.6) is 0 Å². The summed E-state index contributed by atoms with van der Waals surface area (Å²) in [6.07, 6.45) is 2.82. The summed E-state index contributed by atoms with van der Waals surface area (Å²) >= 11 is 2.86. The maximum Gasteiger partial charge on any atom is 0.341 e. The highest BCUT2D eigenvalue weighted by Gasteiger charge is 2.29. The molecule has 0 aromatic carbocycles. The van der Waals surface area contributed by atoms with Crippen LogP contribution in [0, 0.1) is 5.92 Å². The minimum Gasteiger partial charge on any atom is -0.465 e. The third-order valence-electron chi connectivity index (χ3n) is 4.42. The molecule has 2 heterocycles. The lowest BCUT2D eigenvalue weighted by Gasteiger charge is -2.18. The van der Waals surface area contributed by atoms with Gasteiger partial charge in [0.1, 0.15) is 5.00 Å². The van der Waals surface area contributed by atoms with Gasteiger partial charge in [0, 0.05) is 9.75 Å². The molecule has 0 unspecified atom stereocenters. The molecule has 1 N–H and O–H groups in total. The minimum atomic E-state index is -0.466. The van der Waals surface area contributed by atoms with Gasteiger partial charge in [-0.05, 0) is 42.2 Å². The van der Waals surface area contributed by atoms with Crippen molar-refractivity contribution in [2.24, 2.45) is 5.92 Å². The molecule has 0 aliphatic heterocycles. The van der Waals surface area contributed by atoms with E-state index in [0.29, 0.717) is 16.5 Å². The molecular weight excluding hydrogens is 386 g/mol. The van der Waals surface area contributed by atoms with Crippen LogP contribution in [-0.4, -0.2) is 31.6 Å². The quantitative estimate of drug-likeness (QED) is 0.742. The Kier molecular flexibility index (Phi) is 6.28. The molecule has 1 aliphatic carbocycles. The number of hydrogen-bond donors (Lipinski definition) is 1. The molecule has 27 heavy (non-hydrogen) atoms. The van der Waals surface area contributed by atoms with Gasteiger partial charge in [0.2, 0.25) is 0 Å². The van der Waals surface area contributed by atoms with Crippen LogP contribution >= 0.6 is 22.7 Å². The second-order valence-electron chi connectivity index (χ2n) is 6.51. The Balaban J connectivity index is 1.64. The number of hydrogen-bond acceptors (Lipinski definition) is 7. The maximum atomic E-state index is 12.2. The Hall–Kier alpha value is -2.19. The summed E-state index contributed by atoms with van der Waals surface area (Å²) in [4.78, 5) is 38.3. The summed E-state index contributed by atoms with van der Waals surface area (Å²) in [7, 11) is 1.33. The van der Waals surface area contributed by atoms with E-state index < -0.39 is 17.8 Å². The first kappa shape index (κ1) is 19.6. The van der Waals surface area contributed by atoms with E-state index in [2.05, 4.69) is 12.2 Å². The summed E-state index contributed by atoms with van der Waals surface area (Å²) in [5, 5.41) is 5.07. The zero-order chi connectivity index (χ0) is 19.4. The second-order valence-corrected chi connectivity index (χ2v) is 8.65. The number of rotatable bonds is 6. The van der Waals surface area contributed by atoms with Gasteiger partial charge in [-0.1, -0.05) is 13.0 Å². The Labute approximate surface area is 165 Å². The first-order valence-corrected chi connectivity index (χ1v) is 10.4. The molecular formula is C19H21NO5S2. The Morgan fingerprint density at radius 1 is 1.33 bits per heavy atom. The van der Waals surface area contributed by atoms with Crippen molar-refractivity contribution >= 4 is 45.5 Å². The molecule has 0 saturated heterocycles. The standard InChI is InChI=1S/C19H21NO5S2/c1-11-5-6-13-14(8-11)27-18(17(13)19(23)24-2)20-15(21)10-25-16(22)9-12-4-3-7-26-12/h3-4,7,11H,5-6,8-10H2,1-2H3,(H,20,21)/t11-/m1/s1. The Bertz CT molecular complexity index is 841. The molecule has 0 bridgehead atoms. The number of thiophene rings is 2. The number of anilines is 1. The topological polar surface area (TPSA) is 81.7 Å². The van der Waals surface area contributed by atoms with Crippen molar-refractivity contribution in [2.45, 2.75) is 32.6 Å². The summed E-state index contributed by atoms with van der Waals surface area (Å²) < 4.78 is 9.94. The molecule has 0 spiro atoms. The summed E-state index contributed by atoms with van der Waals surface area (Å²) in [6, 6.07) is 3.69. The van der Waals surface area contributed by atoms with Crippen molar-refractivity contribution in [2.75, 3.05) is 19.0 Å². The van der Waals surface area contributed by atoms with E-state index in [0.717, 1.165) is 34.6 Å². The van der Waals surface area contributed by atoms with Gasteiger partial charge in [0.25, 0.3) is 5.91 Å². The van der Waals surface area contributed by atoms with Gasteiger partial charge < -0.3 is 14.8 Å². The predicted molar refractivity (Wildman–Crippen MR) is 104 cm³/mol. The van der Waals surface area contributed by atoms with Crippen LogP contribution < -0.4 is 5.32 Å². The predicted octanol–water partition coefficient (Wildman–Crippen LogP) is 3.45. The van der Waals surface area contributed by atoms with E-state index in [1.165, 1.54) is 29.8 Å². The van der Waals surface area contributed by atoms with Crippen LogP contribution in [0.15, 0.2) is 17.5 Å². The van der Waals surface area contributed by atoms with Gasteiger partial charge in [-0.2, -0.15) is 0 Å². The fraction of sp³-hybridized carbons (Fsp3) is 0.421. The number of esters is 2. The van der Waals surface area contributed by atoms with E-state index in [1.807, 2.05) is 17.5 Å². The van der Waals surface area contributed by atoms with Crippen LogP contribution in [0.4, 0.5) is 5.00 Å². The average molecular weight is 408 g/mol. The van der Waals surface area contributed by atoms with Crippen molar-refractivity contribution in [3.8, 4) is 0 Å². The van der Waals surface area contributed by atoms with Crippen LogP contribution in [0.3, 0.4) is 0 Å². The number of carbonyl (C=O) groups excluding carboxylic acids is 3. The number of ether oxygens (including phenoxy) is 2. The molecule has 8 heteroatoms. The number of carbonyl (C=O) groups is 3. The normalized spacial score (nSPS) is 15.7. The third kappa shape index (κ3) is 4.75. The van der Waals surface area contributed by atoms with E-state index in [9.17, 15) is 14.4 Å². The van der Waals surface area contributed by atoms with Gasteiger partial charge in [-0.15, -0.1) is 22.7 Å². The van der Waals surface area contributed by atoms with Gasteiger partial charge in [-0.25, -0.2) is 4.79 Å². The highest BCUT2D eigenvalue weighted by molar-refractivity contribution is 7.17. The molecule has 0 saturated carbocycles. The van der Waals surface area contributed by atoms with Crippen molar-refractivity contribution < 1.29 is 23.9 Å². The zero-order valence-corrected chi connectivity index (χ0v) is 16.8. The average Bonchev–Trinajstić information content (AvgIpc) is 3.26. The first-order chi connectivity index (χ1) is 13.0. The first-order valence-electron chi connectivity index (χ1n) is 8.68. The molecule has 1 atom stereocenters. The number of methoxy groups -OCH3 is 1. The molecule has 2 aromatic rings. The van der Waals surface area contributed by atoms with E-state index in [4.69, 9.17) is 9.47 Å². The molecule has 2 aromatic heterocycles. The van der Waals surface area contributed by atoms with Crippen LogP contribution in [-0.2, 0) is 38.3 Å². The van der Waals surface area contributed by atoms with Gasteiger partial charge >= 0.3 is 11.9 Å². The molecule has 6 nitrogen and oxygen atoms in total. The fourth-order valence-electron chi connectivity index (χ4n) is 3.07. The second kappa shape index (κ2) is 8.67. The largest absolute Gasteiger partial charge is 0.465 e.